The standard InChI is InChI=1S/C14H13ClFNO/c1-10(11-5-3-2-4-6-11)18-14-13(16)12(9-15)7-8-17-14/h2-8,10H,9H2,1H3. The van der Waals surface area contributed by atoms with E-state index in [1.807, 2.05) is 37.3 Å². The quantitative estimate of drug-likeness (QED) is 0.777. The number of alkyl halides is 1. The third-order valence-electron chi connectivity index (χ3n) is 2.64. The van der Waals surface area contributed by atoms with Gasteiger partial charge in [-0.1, -0.05) is 30.3 Å². The van der Waals surface area contributed by atoms with Crippen LogP contribution < -0.4 is 4.74 Å². The Balaban J connectivity index is 2.19. The molecule has 4 heteroatoms. The van der Waals surface area contributed by atoms with Crippen LogP contribution in [0.25, 0.3) is 0 Å². The van der Waals surface area contributed by atoms with Gasteiger partial charge in [-0.25, -0.2) is 9.37 Å². The third kappa shape index (κ3) is 2.79. The monoisotopic (exact) mass is 265 g/mol. The molecule has 0 fully saturated rings. The van der Waals surface area contributed by atoms with Crippen LogP contribution in [0.15, 0.2) is 42.6 Å². The van der Waals surface area contributed by atoms with Gasteiger partial charge in [-0.15, -0.1) is 11.6 Å². The first-order chi connectivity index (χ1) is 8.72. The summed E-state index contributed by atoms with van der Waals surface area (Å²) in [5.74, 6) is -0.399. The third-order valence-corrected chi connectivity index (χ3v) is 2.93. The van der Waals surface area contributed by atoms with E-state index in [4.69, 9.17) is 16.3 Å². The first kappa shape index (κ1) is 12.8. The molecule has 2 nitrogen and oxygen atoms in total. The van der Waals surface area contributed by atoms with Gasteiger partial charge < -0.3 is 4.74 Å². The predicted molar refractivity (Wildman–Crippen MR) is 69.2 cm³/mol. The van der Waals surface area contributed by atoms with Gasteiger partial charge >= 0.3 is 0 Å². The summed E-state index contributed by atoms with van der Waals surface area (Å²) in [6.07, 6.45) is 1.23. The average Bonchev–Trinajstić information content (AvgIpc) is 2.42. The number of pyridine rings is 1. The molecule has 1 unspecified atom stereocenters. The molecule has 0 aliphatic carbocycles. The van der Waals surface area contributed by atoms with E-state index in [2.05, 4.69) is 4.98 Å². The van der Waals surface area contributed by atoms with Crippen molar-refractivity contribution in [2.75, 3.05) is 0 Å². The Bertz CT molecular complexity index is 518. The molecule has 0 radical (unpaired) electrons. The highest BCUT2D eigenvalue weighted by atomic mass is 35.5. The SMILES string of the molecule is CC(Oc1nccc(CCl)c1F)c1ccccc1. The van der Waals surface area contributed by atoms with Crippen molar-refractivity contribution in [3.63, 3.8) is 0 Å². The van der Waals surface area contributed by atoms with Gasteiger partial charge in [0.15, 0.2) is 5.82 Å². The highest BCUT2D eigenvalue weighted by molar-refractivity contribution is 6.17. The topological polar surface area (TPSA) is 22.1 Å². The van der Waals surface area contributed by atoms with Gasteiger partial charge in [0.1, 0.15) is 6.10 Å². The van der Waals surface area contributed by atoms with Crippen LogP contribution in [0.1, 0.15) is 24.2 Å². The van der Waals surface area contributed by atoms with E-state index in [1.165, 1.54) is 6.20 Å². The second-order valence-corrected chi connectivity index (χ2v) is 4.16. The minimum atomic E-state index is -0.490. The normalized spacial score (nSPS) is 12.2. The van der Waals surface area contributed by atoms with E-state index >= 15 is 0 Å². The second kappa shape index (κ2) is 5.83. The fraction of sp³-hybridized carbons (Fsp3) is 0.214. The van der Waals surface area contributed by atoms with E-state index in [-0.39, 0.29) is 17.9 Å². The predicted octanol–water partition coefficient (Wildman–Crippen LogP) is 4.10. The zero-order valence-corrected chi connectivity index (χ0v) is 10.7. The molecule has 0 amide bonds. The van der Waals surface area contributed by atoms with Gasteiger partial charge in [-0.2, -0.15) is 0 Å². The number of rotatable bonds is 4. The van der Waals surface area contributed by atoms with Crippen LogP contribution in [0.2, 0.25) is 0 Å². The highest BCUT2D eigenvalue weighted by Gasteiger charge is 2.14. The Hall–Kier alpha value is -1.61. The molecule has 0 aliphatic rings. The summed E-state index contributed by atoms with van der Waals surface area (Å²) in [5.41, 5.74) is 1.36. The van der Waals surface area contributed by atoms with E-state index < -0.39 is 5.82 Å². The van der Waals surface area contributed by atoms with Crippen molar-refractivity contribution in [2.24, 2.45) is 0 Å². The van der Waals surface area contributed by atoms with Crippen molar-refractivity contribution in [1.29, 1.82) is 0 Å². The first-order valence-electron chi connectivity index (χ1n) is 5.63. The summed E-state index contributed by atoms with van der Waals surface area (Å²) in [4.78, 5) is 3.90. The van der Waals surface area contributed by atoms with E-state index in [9.17, 15) is 4.39 Å². The summed E-state index contributed by atoms with van der Waals surface area (Å²) in [6, 6.07) is 11.1. The molecule has 1 aromatic carbocycles. The van der Waals surface area contributed by atoms with Crippen molar-refractivity contribution in [3.8, 4) is 5.88 Å². The molecule has 1 aromatic heterocycles. The van der Waals surface area contributed by atoms with Crippen molar-refractivity contribution >= 4 is 11.6 Å². The van der Waals surface area contributed by atoms with Crippen LogP contribution in [0.5, 0.6) is 5.88 Å². The number of benzene rings is 1. The molecule has 1 atom stereocenters. The Labute approximate surface area is 110 Å². The summed E-state index contributed by atoms with van der Waals surface area (Å²) in [6.45, 7) is 1.85. The minimum absolute atomic E-state index is 0.00972. The average molecular weight is 266 g/mol. The van der Waals surface area contributed by atoms with Crippen LogP contribution in [0.4, 0.5) is 4.39 Å². The van der Waals surface area contributed by atoms with Gasteiger partial charge in [0.2, 0.25) is 0 Å². The fourth-order valence-corrected chi connectivity index (χ4v) is 1.81. The molecule has 0 spiro atoms. The smallest absolute Gasteiger partial charge is 0.251 e. The van der Waals surface area contributed by atoms with Crippen molar-refractivity contribution in [1.82, 2.24) is 4.98 Å². The molecule has 0 saturated carbocycles. The zero-order valence-electron chi connectivity index (χ0n) is 9.94. The lowest BCUT2D eigenvalue weighted by Gasteiger charge is -2.15. The maximum Gasteiger partial charge on any atom is 0.251 e. The van der Waals surface area contributed by atoms with Gasteiger partial charge in [0.05, 0.1) is 5.88 Å². The first-order valence-corrected chi connectivity index (χ1v) is 6.16. The maximum absolute atomic E-state index is 13.9. The van der Waals surface area contributed by atoms with Gasteiger partial charge in [0, 0.05) is 11.8 Å². The zero-order chi connectivity index (χ0) is 13.0. The molecule has 18 heavy (non-hydrogen) atoms. The Morgan fingerprint density at radius 1 is 1.28 bits per heavy atom. The number of hydrogen-bond acceptors (Lipinski definition) is 2. The molecular weight excluding hydrogens is 253 g/mol. The number of nitrogens with zero attached hydrogens (tertiary/aromatic N) is 1. The van der Waals surface area contributed by atoms with Crippen LogP contribution in [-0.4, -0.2) is 4.98 Å². The molecule has 0 N–H and O–H groups in total. The van der Waals surface area contributed by atoms with Crippen molar-refractivity contribution in [2.45, 2.75) is 18.9 Å². The minimum Gasteiger partial charge on any atom is -0.468 e. The van der Waals surface area contributed by atoms with Crippen LogP contribution in [0.3, 0.4) is 0 Å². The maximum atomic E-state index is 13.9. The highest BCUT2D eigenvalue weighted by Crippen LogP contribution is 2.24. The second-order valence-electron chi connectivity index (χ2n) is 3.89. The molecule has 2 aromatic rings. The summed E-state index contributed by atoms with van der Waals surface area (Å²) < 4.78 is 19.4. The summed E-state index contributed by atoms with van der Waals surface area (Å²) >= 11 is 5.63. The number of hydrogen-bond donors (Lipinski definition) is 0. The van der Waals surface area contributed by atoms with Gasteiger partial charge in [0.25, 0.3) is 5.88 Å². The van der Waals surface area contributed by atoms with E-state index in [0.29, 0.717) is 5.56 Å². The Morgan fingerprint density at radius 3 is 2.67 bits per heavy atom. The molecule has 0 aliphatic heterocycles. The summed E-state index contributed by atoms with van der Waals surface area (Å²) in [5, 5.41) is 0. The molecular formula is C14H13ClFNO. The molecule has 2 rings (SSSR count). The molecule has 1 heterocycles. The molecule has 94 valence electrons. The lowest BCUT2D eigenvalue weighted by atomic mass is 10.1. The lowest BCUT2D eigenvalue weighted by Crippen LogP contribution is -2.06. The Morgan fingerprint density at radius 2 is 2.00 bits per heavy atom. The van der Waals surface area contributed by atoms with Crippen molar-refractivity contribution in [3.05, 3.63) is 59.5 Å². The van der Waals surface area contributed by atoms with Gasteiger partial charge in [-0.05, 0) is 18.6 Å². The molecule has 0 bridgehead atoms. The largest absolute Gasteiger partial charge is 0.468 e. The van der Waals surface area contributed by atoms with E-state index in [1.54, 1.807) is 6.07 Å². The van der Waals surface area contributed by atoms with Crippen LogP contribution >= 0.6 is 11.6 Å². The lowest BCUT2D eigenvalue weighted by molar-refractivity contribution is 0.206. The number of ether oxygens (including phenoxy) is 1. The van der Waals surface area contributed by atoms with Crippen LogP contribution in [0, 0.1) is 5.82 Å². The van der Waals surface area contributed by atoms with E-state index in [0.717, 1.165) is 5.56 Å². The number of halogens is 2. The Kier molecular flexibility index (Phi) is 4.15. The fourth-order valence-electron chi connectivity index (χ4n) is 1.61. The van der Waals surface area contributed by atoms with Gasteiger partial charge in [-0.3, -0.25) is 0 Å². The van der Waals surface area contributed by atoms with Crippen molar-refractivity contribution < 1.29 is 9.13 Å². The van der Waals surface area contributed by atoms with Crippen LogP contribution in [-0.2, 0) is 5.88 Å². The number of aromatic nitrogens is 1. The molecule has 0 saturated heterocycles. The summed E-state index contributed by atoms with van der Waals surface area (Å²) in [7, 11) is 0.